The topological polar surface area (TPSA) is 17.3 Å². The van der Waals surface area contributed by atoms with E-state index < -0.39 is 0 Å². The van der Waals surface area contributed by atoms with Crippen LogP contribution >= 0.6 is 0 Å². The van der Waals surface area contributed by atoms with E-state index in [0.29, 0.717) is 6.42 Å². The summed E-state index contributed by atoms with van der Waals surface area (Å²) in [6.45, 7) is 2.06. The maximum atomic E-state index is 12.8. The van der Waals surface area contributed by atoms with Gasteiger partial charge in [0.25, 0.3) is 0 Å². The SMILES string of the molecule is Cc1ccn2c(Cc3ccc(F)cc3)ncc2c1. The average molecular weight is 240 g/mol. The van der Waals surface area contributed by atoms with Crippen molar-refractivity contribution >= 4 is 5.52 Å². The van der Waals surface area contributed by atoms with Crippen molar-refractivity contribution in [1.82, 2.24) is 9.38 Å². The van der Waals surface area contributed by atoms with Gasteiger partial charge in [-0.25, -0.2) is 9.37 Å². The number of fused-ring (bicyclic) bond motifs is 1. The zero-order valence-electron chi connectivity index (χ0n) is 10.1. The number of hydrogen-bond donors (Lipinski definition) is 0. The molecule has 0 fully saturated rings. The van der Waals surface area contributed by atoms with Gasteiger partial charge in [0.15, 0.2) is 0 Å². The van der Waals surface area contributed by atoms with Crippen molar-refractivity contribution in [1.29, 1.82) is 0 Å². The predicted molar refractivity (Wildman–Crippen MR) is 69.1 cm³/mol. The smallest absolute Gasteiger partial charge is 0.123 e. The van der Waals surface area contributed by atoms with Gasteiger partial charge in [0.1, 0.15) is 11.6 Å². The molecule has 0 saturated carbocycles. The summed E-state index contributed by atoms with van der Waals surface area (Å²) in [4.78, 5) is 4.42. The van der Waals surface area contributed by atoms with E-state index in [1.165, 1.54) is 17.7 Å². The van der Waals surface area contributed by atoms with Gasteiger partial charge in [-0.05, 0) is 42.3 Å². The standard InChI is InChI=1S/C15H13FN2/c1-11-6-7-18-14(8-11)10-17-15(18)9-12-2-4-13(16)5-3-12/h2-8,10H,9H2,1H3. The van der Waals surface area contributed by atoms with Crippen molar-refractivity contribution in [3.8, 4) is 0 Å². The third kappa shape index (κ3) is 1.99. The second-order valence-corrected chi connectivity index (χ2v) is 4.48. The summed E-state index contributed by atoms with van der Waals surface area (Å²) < 4.78 is 14.9. The van der Waals surface area contributed by atoms with Crippen LogP contribution in [-0.4, -0.2) is 9.38 Å². The van der Waals surface area contributed by atoms with E-state index in [2.05, 4.69) is 28.4 Å². The second kappa shape index (κ2) is 4.26. The van der Waals surface area contributed by atoms with Gasteiger partial charge in [-0.1, -0.05) is 12.1 Å². The summed E-state index contributed by atoms with van der Waals surface area (Å²) in [7, 11) is 0. The Bertz CT molecular complexity index is 683. The number of rotatable bonds is 2. The Balaban J connectivity index is 1.97. The highest BCUT2D eigenvalue weighted by atomic mass is 19.1. The number of pyridine rings is 1. The van der Waals surface area contributed by atoms with Gasteiger partial charge in [0, 0.05) is 12.6 Å². The van der Waals surface area contributed by atoms with Crippen LogP contribution in [0.4, 0.5) is 4.39 Å². The third-order valence-electron chi connectivity index (χ3n) is 3.04. The lowest BCUT2D eigenvalue weighted by Gasteiger charge is -2.02. The molecule has 3 rings (SSSR count). The Morgan fingerprint density at radius 2 is 1.94 bits per heavy atom. The number of imidazole rings is 1. The Hall–Kier alpha value is -2.16. The van der Waals surface area contributed by atoms with Crippen molar-refractivity contribution in [3.63, 3.8) is 0 Å². The molecular formula is C15H13FN2. The molecule has 0 spiro atoms. The number of nitrogens with zero attached hydrogens (tertiary/aromatic N) is 2. The fourth-order valence-electron chi connectivity index (χ4n) is 2.08. The van der Waals surface area contributed by atoms with Crippen LogP contribution in [0.15, 0.2) is 48.8 Å². The van der Waals surface area contributed by atoms with E-state index in [0.717, 1.165) is 16.9 Å². The summed E-state index contributed by atoms with van der Waals surface area (Å²) in [5.74, 6) is 0.763. The normalized spacial score (nSPS) is 11.0. The molecule has 90 valence electrons. The maximum absolute atomic E-state index is 12.8. The van der Waals surface area contributed by atoms with E-state index in [1.807, 2.05) is 12.4 Å². The van der Waals surface area contributed by atoms with Gasteiger partial charge in [-0.2, -0.15) is 0 Å². The molecule has 0 aliphatic rings. The van der Waals surface area contributed by atoms with Crippen LogP contribution in [0.5, 0.6) is 0 Å². The van der Waals surface area contributed by atoms with Crippen LogP contribution in [-0.2, 0) is 6.42 Å². The number of hydrogen-bond acceptors (Lipinski definition) is 1. The molecule has 0 saturated heterocycles. The van der Waals surface area contributed by atoms with Gasteiger partial charge in [0.2, 0.25) is 0 Å². The molecule has 2 aromatic heterocycles. The first-order chi connectivity index (χ1) is 8.72. The van der Waals surface area contributed by atoms with Crippen LogP contribution in [0.1, 0.15) is 17.0 Å². The summed E-state index contributed by atoms with van der Waals surface area (Å²) in [6, 6.07) is 10.7. The molecule has 0 aliphatic heterocycles. The zero-order valence-corrected chi connectivity index (χ0v) is 10.1. The third-order valence-corrected chi connectivity index (χ3v) is 3.04. The molecule has 3 heteroatoms. The second-order valence-electron chi connectivity index (χ2n) is 4.48. The minimum Gasteiger partial charge on any atom is -0.303 e. The summed E-state index contributed by atoms with van der Waals surface area (Å²) in [5, 5.41) is 0. The minimum atomic E-state index is -0.206. The predicted octanol–water partition coefficient (Wildman–Crippen LogP) is 3.37. The first-order valence-corrected chi connectivity index (χ1v) is 5.89. The number of benzene rings is 1. The molecule has 0 unspecified atom stereocenters. The average Bonchev–Trinajstić information content (AvgIpc) is 2.74. The Labute approximate surface area is 105 Å². The van der Waals surface area contributed by atoms with Crippen LogP contribution in [0.3, 0.4) is 0 Å². The van der Waals surface area contributed by atoms with Crippen LogP contribution in [0.2, 0.25) is 0 Å². The lowest BCUT2D eigenvalue weighted by Crippen LogP contribution is -1.96. The minimum absolute atomic E-state index is 0.206. The molecule has 0 radical (unpaired) electrons. The molecular weight excluding hydrogens is 227 g/mol. The molecule has 3 aromatic rings. The summed E-state index contributed by atoms with van der Waals surface area (Å²) >= 11 is 0. The fraction of sp³-hybridized carbons (Fsp3) is 0.133. The highest BCUT2D eigenvalue weighted by molar-refractivity contribution is 5.48. The van der Waals surface area contributed by atoms with Crippen molar-refractivity contribution in [2.24, 2.45) is 0 Å². The summed E-state index contributed by atoms with van der Waals surface area (Å²) in [5.41, 5.74) is 3.37. The monoisotopic (exact) mass is 240 g/mol. The van der Waals surface area contributed by atoms with Gasteiger partial charge < -0.3 is 4.40 Å². The number of aryl methyl sites for hydroxylation is 1. The largest absolute Gasteiger partial charge is 0.303 e. The molecule has 0 N–H and O–H groups in total. The molecule has 2 nitrogen and oxygen atoms in total. The Kier molecular flexibility index (Phi) is 2.59. The van der Waals surface area contributed by atoms with Crippen molar-refractivity contribution in [2.75, 3.05) is 0 Å². The molecule has 0 aliphatic carbocycles. The molecule has 1 aromatic carbocycles. The van der Waals surface area contributed by atoms with Crippen LogP contribution in [0.25, 0.3) is 5.52 Å². The van der Waals surface area contributed by atoms with E-state index in [1.54, 1.807) is 12.1 Å². The summed E-state index contributed by atoms with van der Waals surface area (Å²) in [6.07, 6.45) is 4.60. The molecule has 0 bridgehead atoms. The van der Waals surface area contributed by atoms with E-state index in [9.17, 15) is 4.39 Å². The first-order valence-electron chi connectivity index (χ1n) is 5.89. The van der Waals surface area contributed by atoms with E-state index in [4.69, 9.17) is 0 Å². The quantitative estimate of drug-likeness (QED) is 0.671. The van der Waals surface area contributed by atoms with Crippen molar-refractivity contribution in [3.05, 3.63) is 71.6 Å². The zero-order chi connectivity index (χ0) is 12.5. The van der Waals surface area contributed by atoms with E-state index >= 15 is 0 Å². The van der Waals surface area contributed by atoms with Gasteiger partial charge >= 0.3 is 0 Å². The van der Waals surface area contributed by atoms with Gasteiger partial charge in [0.05, 0.1) is 11.7 Å². The molecule has 2 heterocycles. The molecule has 18 heavy (non-hydrogen) atoms. The van der Waals surface area contributed by atoms with Crippen molar-refractivity contribution in [2.45, 2.75) is 13.3 Å². The highest BCUT2D eigenvalue weighted by Gasteiger charge is 2.04. The number of aromatic nitrogens is 2. The van der Waals surface area contributed by atoms with Gasteiger partial charge in [-0.3, -0.25) is 0 Å². The van der Waals surface area contributed by atoms with Crippen LogP contribution < -0.4 is 0 Å². The first kappa shape index (κ1) is 11.0. The molecule has 0 atom stereocenters. The Morgan fingerprint density at radius 3 is 2.72 bits per heavy atom. The van der Waals surface area contributed by atoms with E-state index in [-0.39, 0.29) is 5.82 Å². The molecule has 0 amide bonds. The Morgan fingerprint density at radius 1 is 1.17 bits per heavy atom. The van der Waals surface area contributed by atoms with Crippen molar-refractivity contribution < 1.29 is 4.39 Å². The maximum Gasteiger partial charge on any atom is 0.123 e. The lowest BCUT2D eigenvalue weighted by atomic mass is 10.1. The lowest BCUT2D eigenvalue weighted by molar-refractivity contribution is 0.627. The fourth-order valence-corrected chi connectivity index (χ4v) is 2.08. The number of halogens is 1. The van der Waals surface area contributed by atoms with Crippen LogP contribution in [0, 0.1) is 12.7 Å². The highest BCUT2D eigenvalue weighted by Crippen LogP contribution is 2.13. The van der Waals surface area contributed by atoms with Gasteiger partial charge in [-0.15, -0.1) is 0 Å².